The number of imide groups is 1. The summed E-state index contributed by atoms with van der Waals surface area (Å²) in [5.41, 5.74) is 7.50. The Kier molecular flexibility index (Phi) is 10.8. The van der Waals surface area contributed by atoms with Crippen molar-refractivity contribution in [3.63, 3.8) is 0 Å². The molecule has 10 rings (SSSR count). The van der Waals surface area contributed by atoms with Gasteiger partial charge in [0.25, 0.3) is 17.7 Å². The lowest BCUT2D eigenvalue weighted by atomic mass is 9.74. The van der Waals surface area contributed by atoms with E-state index in [1.54, 1.807) is 18.5 Å². The number of anilines is 3. The number of hydrogen-bond donors (Lipinski definition) is 0. The van der Waals surface area contributed by atoms with E-state index in [0.717, 1.165) is 76.7 Å². The Morgan fingerprint density at radius 3 is 1.65 bits per heavy atom. The fraction of sp³-hybridized carbons (Fsp3) is 0.241. The normalized spacial score (nSPS) is 14.3. The monoisotopic (exact) mass is 861 g/mol. The molecule has 11 heteroatoms. The number of fused-ring (bicyclic) bond motifs is 6. The zero-order valence-corrected chi connectivity index (χ0v) is 37.2. The first kappa shape index (κ1) is 41.5. The molecule has 11 nitrogen and oxygen atoms in total. The Labute approximate surface area is 379 Å². The van der Waals surface area contributed by atoms with Gasteiger partial charge in [-0.15, -0.1) is 0 Å². The molecule has 0 fully saturated rings. The summed E-state index contributed by atoms with van der Waals surface area (Å²) in [6, 6.07) is 41.4. The molecule has 5 aromatic carbocycles. The van der Waals surface area contributed by atoms with Crippen molar-refractivity contribution in [2.45, 2.75) is 46.3 Å². The molecule has 0 radical (unpaired) electrons. The van der Waals surface area contributed by atoms with Crippen LogP contribution in [0.15, 0.2) is 140 Å². The van der Waals surface area contributed by atoms with Gasteiger partial charge in [-0.25, -0.2) is 0 Å². The first-order chi connectivity index (χ1) is 31.8. The molecule has 3 amide bonds. The molecule has 326 valence electrons. The van der Waals surface area contributed by atoms with E-state index in [2.05, 4.69) is 88.8 Å². The summed E-state index contributed by atoms with van der Waals surface area (Å²) >= 11 is 0. The summed E-state index contributed by atoms with van der Waals surface area (Å²) in [6.07, 6.45) is 3.56. The van der Waals surface area contributed by atoms with E-state index < -0.39 is 17.4 Å². The minimum Gasteiger partial charge on any atom is -0.456 e. The molecule has 0 atom stereocenters. The van der Waals surface area contributed by atoms with Crippen molar-refractivity contribution in [2.75, 3.05) is 54.0 Å². The summed E-state index contributed by atoms with van der Waals surface area (Å²) in [5.74, 6) is 0.351. The van der Waals surface area contributed by atoms with Crippen LogP contribution in [0.4, 0.5) is 17.1 Å². The van der Waals surface area contributed by atoms with Crippen molar-refractivity contribution in [3.8, 4) is 11.5 Å². The number of carbonyl (C=O) groups excluding carboxylic acids is 3. The predicted octanol–water partition coefficient (Wildman–Crippen LogP) is 9.68. The second kappa shape index (κ2) is 16.9. The van der Waals surface area contributed by atoms with Crippen LogP contribution in [0.1, 0.15) is 86.8 Å². The quantitative estimate of drug-likeness (QED) is 0.0990. The van der Waals surface area contributed by atoms with Crippen LogP contribution in [0.25, 0.3) is 10.8 Å². The van der Waals surface area contributed by atoms with E-state index in [0.29, 0.717) is 46.7 Å². The highest BCUT2D eigenvalue weighted by atomic mass is 16.5. The molecule has 0 unspecified atom stereocenters. The second-order valence-corrected chi connectivity index (χ2v) is 16.6. The molecule has 0 saturated heterocycles. The molecule has 0 bridgehead atoms. The van der Waals surface area contributed by atoms with Gasteiger partial charge < -0.3 is 24.3 Å². The standard InChI is InChI=1S/C54H51N7O4/c1-5-57(6-2)38-22-25-45-48(32-38)65-49-33-39(58(7-3)8-4)23-26-46(49)54(45)44-21-10-9-18-40(44)53(64)61(54)31-30-60-51(62)42-20-15-19-41-47(27-24-43(50(41)42)52(60)63)59(34-36-16-11-13-28-55-36)35-37-17-12-14-29-56-37/h9-29,32-33H,5-8,30-31,34-35H2,1-4H3. The lowest BCUT2D eigenvalue weighted by Crippen LogP contribution is -2.51. The van der Waals surface area contributed by atoms with E-state index >= 15 is 4.79 Å². The maximum Gasteiger partial charge on any atom is 0.261 e. The molecule has 7 aromatic rings. The molecule has 0 saturated carbocycles. The van der Waals surface area contributed by atoms with Crippen molar-refractivity contribution in [1.29, 1.82) is 0 Å². The van der Waals surface area contributed by atoms with Crippen LogP contribution < -0.4 is 19.4 Å². The Balaban J connectivity index is 1.05. The van der Waals surface area contributed by atoms with Gasteiger partial charge in [-0.3, -0.25) is 29.3 Å². The van der Waals surface area contributed by atoms with Gasteiger partial charge in [0.05, 0.1) is 24.5 Å². The topological polar surface area (TPSA) is 102 Å². The highest BCUT2D eigenvalue weighted by Gasteiger charge is 2.56. The molecule has 3 aliphatic heterocycles. The van der Waals surface area contributed by atoms with Crippen LogP contribution in [-0.2, 0) is 18.6 Å². The number of rotatable bonds is 14. The molecular weight excluding hydrogens is 811 g/mol. The number of nitrogens with zero attached hydrogens (tertiary/aromatic N) is 7. The van der Waals surface area contributed by atoms with Gasteiger partial charge >= 0.3 is 0 Å². The molecule has 3 aliphatic rings. The van der Waals surface area contributed by atoms with E-state index in [1.165, 1.54) is 4.90 Å². The van der Waals surface area contributed by atoms with Gasteiger partial charge in [-0.2, -0.15) is 0 Å². The van der Waals surface area contributed by atoms with Crippen LogP contribution >= 0.6 is 0 Å². The molecule has 5 heterocycles. The van der Waals surface area contributed by atoms with Crippen molar-refractivity contribution >= 4 is 45.6 Å². The van der Waals surface area contributed by atoms with Gasteiger partial charge in [-0.05, 0) is 93.9 Å². The van der Waals surface area contributed by atoms with E-state index in [4.69, 9.17) is 4.74 Å². The fourth-order valence-corrected chi connectivity index (χ4v) is 10.3. The lowest BCUT2D eigenvalue weighted by Gasteiger charge is -2.45. The van der Waals surface area contributed by atoms with Crippen molar-refractivity contribution in [3.05, 3.63) is 185 Å². The third-order valence-corrected chi connectivity index (χ3v) is 13.4. The summed E-state index contributed by atoms with van der Waals surface area (Å²) in [4.78, 5) is 63.8. The number of benzene rings is 5. The van der Waals surface area contributed by atoms with Crippen molar-refractivity contribution < 1.29 is 19.1 Å². The lowest BCUT2D eigenvalue weighted by molar-refractivity contribution is 0.0517. The van der Waals surface area contributed by atoms with Gasteiger partial charge in [-0.1, -0.05) is 54.6 Å². The van der Waals surface area contributed by atoms with Crippen molar-refractivity contribution in [2.24, 2.45) is 0 Å². The third-order valence-electron chi connectivity index (χ3n) is 13.4. The first-order valence-electron chi connectivity index (χ1n) is 22.7. The summed E-state index contributed by atoms with van der Waals surface area (Å²) in [7, 11) is 0. The molecular formula is C54H51N7O4. The van der Waals surface area contributed by atoms with E-state index in [-0.39, 0.29) is 19.0 Å². The number of amides is 3. The largest absolute Gasteiger partial charge is 0.456 e. The number of hydrogen-bond acceptors (Lipinski definition) is 9. The van der Waals surface area contributed by atoms with Gasteiger partial charge in [0, 0.05) is 119 Å². The van der Waals surface area contributed by atoms with Crippen LogP contribution in [-0.4, -0.2) is 76.8 Å². The number of aromatic nitrogens is 2. The Bertz CT molecular complexity index is 2840. The molecule has 0 aliphatic carbocycles. The summed E-state index contributed by atoms with van der Waals surface area (Å²) in [6.45, 7) is 12.8. The molecule has 1 spiro atoms. The average Bonchev–Trinajstić information content (AvgIpc) is 3.58. The van der Waals surface area contributed by atoms with Crippen LogP contribution in [0.5, 0.6) is 11.5 Å². The zero-order valence-electron chi connectivity index (χ0n) is 37.2. The first-order valence-corrected chi connectivity index (χ1v) is 22.7. The molecule has 0 N–H and O–H groups in total. The number of pyridine rings is 2. The molecule has 65 heavy (non-hydrogen) atoms. The Morgan fingerprint density at radius 2 is 1.08 bits per heavy atom. The SMILES string of the molecule is CCN(CC)c1ccc2c(c1)Oc1cc(N(CC)CC)ccc1C21c2ccccc2C(=O)N1CCN1C(=O)c2cccc3c(N(Cc4ccccn4)Cc4ccccn4)ccc(c23)C1=O. The van der Waals surface area contributed by atoms with E-state index in [1.807, 2.05) is 89.8 Å². The minimum atomic E-state index is -1.11. The van der Waals surface area contributed by atoms with Gasteiger partial charge in [0.15, 0.2) is 0 Å². The van der Waals surface area contributed by atoms with Crippen molar-refractivity contribution in [1.82, 2.24) is 19.8 Å². The Hall–Kier alpha value is -7.53. The van der Waals surface area contributed by atoms with Crippen LogP contribution in [0.3, 0.4) is 0 Å². The van der Waals surface area contributed by atoms with E-state index in [9.17, 15) is 9.59 Å². The van der Waals surface area contributed by atoms with Crippen LogP contribution in [0.2, 0.25) is 0 Å². The summed E-state index contributed by atoms with van der Waals surface area (Å²) in [5, 5.41) is 1.41. The molecule has 2 aromatic heterocycles. The minimum absolute atomic E-state index is 0.0250. The summed E-state index contributed by atoms with van der Waals surface area (Å²) < 4.78 is 6.89. The third kappa shape index (κ3) is 6.76. The van der Waals surface area contributed by atoms with Crippen LogP contribution in [0, 0.1) is 0 Å². The second-order valence-electron chi connectivity index (χ2n) is 16.6. The zero-order chi connectivity index (χ0) is 44.8. The number of ether oxygens (including phenoxy) is 1. The van der Waals surface area contributed by atoms with Gasteiger partial charge in [0.1, 0.15) is 17.0 Å². The Morgan fingerprint density at radius 1 is 0.523 bits per heavy atom. The smallest absolute Gasteiger partial charge is 0.261 e. The average molecular weight is 862 g/mol. The predicted molar refractivity (Wildman–Crippen MR) is 255 cm³/mol. The maximum atomic E-state index is 15.0. The van der Waals surface area contributed by atoms with Gasteiger partial charge in [0.2, 0.25) is 0 Å². The number of carbonyl (C=O) groups is 3. The fourth-order valence-electron chi connectivity index (χ4n) is 10.3. The highest BCUT2D eigenvalue weighted by Crippen LogP contribution is 2.58. The highest BCUT2D eigenvalue weighted by molar-refractivity contribution is 6.26. The maximum absolute atomic E-state index is 15.0.